The van der Waals surface area contributed by atoms with Gasteiger partial charge in [0.05, 0.1) is 4.21 Å². The molecule has 2 rings (SSSR count). The predicted molar refractivity (Wildman–Crippen MR) is 94.9 cm³/mol. The number of piperidine rings is 1. The van der Waals surface area contributed by atoms with E-state index < -0.39 is 5.60 Å². The van der Waals surface area contributed by atoms with Gasteiger partial charge in [-0.15, -0.1) is 23.1 Å². The standard InChI is InChI=1S/C17H27NO2S2/c1-13-11-15(22-12-13)21-10-7-14-5-8-18(9-6-14)16(19)20-17(2,3)4/h11-12,14H,5-10H2,1-4H3. The van der Waals surface area contributed by atoms with Crippen molar-refractivity contribution >= 4 is 29.2 Å². The maximum Gasteiger partial charge on any atom is 0.410 e. The molecule has 2 heterocycles. The first-order valence-electron chi connectivity index (χ1n) is 7.99. The van der Waals surface area contributed by atoms with Gasteiger partial charge >= 0.3 is 6.09 Å². The fraction of sp³-hybridized carbons (Fsp3) is 0.706. The molecule has 0 N–H and O–H groups in total. The van der Waals surface area contributed by atoms with Crippen LogP contribution >= 0.6 is 23.1 Å². The first kappa shape index (κ1) is 17.7. The third kappa shape index (κ3) is 5.84. The number of hydrogen-bond acceptors (Lipinski definition) is 4. The summed E-state index contributed by atoms with van der Waals surface area (Å²) in [4.78, 5) is 13.9. The molecule has 1 aromatic heterocycles. The van der Waals surface area contributed by atoms with Crippen molar-refractivity contribution in [1.29, 1.82) is 0 Å². The summed E-state index contributed by atoms with van der Waals surface area (Å²) < 4.78 is 6.86. The summed E-state index contributed by atoms with van der Waals surface area (Å²) in [5.74, 6) is 1.92. The number of likely N-dealkylation sites (tertiary alicyclic amines) is 1. The molecule has 1 aliphatic rings. The zero-order valence-corrected chi connectivity index (χ0v) is 15.7. The molecule has 124 valence electrons. The smallest absolute Gasteiger partial charge is 0.410 e. The topological polar surface area (TPSA) is 29.5 Å². The van der Waals surface area contributed by atoms with Crippen LogP contribution in [0.1, 0.15) is 45.6 Å². The first-order valence-corrected chi connectivity index (χ1v) is 9.86. The number of thiophene rings is 1. The minimum absolute atomic E-state index is 0.158. The van der Waals surface area contributed by atoms with E-state index in [9.17, 15) is 4.79 Å². The molecule has 0 aliphatic carbocycles. The van der Waals surface area contributed by atoms with Crippen molar-refractivity contribution in [2.24, 2.45) is 5.92 Å². The highest BCUT2D eigenvalue weighted by atomic mass is 32.2. The SMILES string of the molecule is Cc1csc(SCCC2CCN(C(=O)OC(C)(C)C)CC2)c1. The quantitative estimate of drug-likeness (QED) is 0.706. The highest BCUT2D eigenvalue weighted by Crippen LogP contribution is 2.29. The lowest BCUT2D eigenvalue weighted by Gasteiger charge is -2.33. The second-order valence-electron chi connectivity index (χ2n) is 6.99. The Bertz CT molecular complexity index is 485. The van der Waals surface area contributed by atoms with Crippen molar-refractivity contribution in [1.82, 2.24) is 4.90 Å². The molecular formula is C17H27NO2S2. The molecule has 1 saturated heterocycles. The largest absolute Gasteiger partial charge is 0.444 e. The number of rotatable bonds is 4. The zero-order chi connectivity index (χ0) is 16.2. The number of amides is 1. The Kier molecular flexibility index (Phi) is 6.21. The summed E-state index contributed by atoms with van der Waals surface area (Å²) in [6.45, 7) is 9.57. The van der Waals surface area contributed by atoms with E-state index in [1.165, 1.54) is 21.9 Å². The highest BCUT2D eigenvalue weighted by Gasteiger charge is 2.26. The lowest BCUT2D eigenvalue weighted by Crippen LogP contribution is -2.41. The molecule has 0 atom stereocenters. The number of aryl methyl sites for hydroxylation is 1. The lowest BCUT2D eigenvalue weighted by molar-refractivity contribution is 0.0183. The first-order chi connectivity index (χ1) is 10.3. The van der Waals surface area contributed by atoms with E-state index in [1.54, 1.807) is 0 Å². The molecule has 0 unspecified atom stereocenters. The minimum atomic E-state index is -0.399. The zero-order valence-electron chi connectivity index (χ0n) is 14.1. The van der Waals surface area contributed by atoms with Gasteiger partial charge in [0.2, 0.25) is 0 Å². The van der Waals surface area contributed by atoms with Crippen LogP contribution in [0.25, 0.3) is 0 Å². The van der Waals surface area contributed by atoms with Gasteiger partial charge in [0, 0.05) is 13.1 Å². The third-order valence-electron chi connectivity index (χ3n) is 3.74. The van der Waals surface area contributed by atoms with Crippen molar-refractivity contribution in [3.05, 3.63) is 17.0 Å². The summed E-state index contributed by atoms with van der Waals surface area (Å²) in [6, 6.07) is 2.26. The van der Waals surface area contributed by atoms with Crippen LogP contribution in [0.3, 0.4) is 0 Å². The normalized spacial score (nSPS) is 16.8. The van der Waals surface area contributed by atoms with Crippen molar-refractivity contribution in [2.45, 2.75) is 56.8 Å². The molecule has 3 nitrogen and oxygen atoms in total. The molecule has 1 aliphatic heterocycles. The molecule has 0 aromatic carbocycles. The van der Waals surface area contributed by atoms with E-state index in [0.717, 1.165) is 31.8 Å². The van der Waals surface area contributed by atoms with E-state index >= 15 is 0 Å². The van der Waals surface area contributed by atoms with Crippen LogP contribution in [-0.2, 0) is 4.74 Å². The van der Waals surface area contributed by atoms with Gasteiger partial charge in [0.25, 0.3) is 0 Å². The minimum Gasteiger partial charge on any atom is -0.444 e. The Balaban J connectivity index is 1.65. The molecular weight excluding hydrogens is 314 g/mol. The molecule has 1 aromatic rings. The fourth-order valence-electron chi connectivity index (χ4n) is 2.54. The third-order valence-corrected chi connectivity index (χ3v) is 6.07. The molecule has 5 heteroatoms. The van der Waals surface area contributed by atoms with Crippen LogP contribution in [-0.4, -0.2) is 35.4 Å². The number of carbonyl (C=O) groups excluding carboxylic acids is 1. The monoisotopic (exact) mass is 341 g/mol. The highest BCUT2D eigenvalue weighted by molar-refractivity contribution is 8.01. The second kappa shape index (κ2) is 7.73. The molecule has 0 spiro atoms. The van der Waals surface area contributed by atoms with Crippen molar-refractivity contribution in [2.75, 3.05) is 18.8 Å². The van der Waals surface area contributed by atoms with Crippen LogP contribution < -0.4 is 0 Å². The van der Waals surface area contributed by atoms with Gasteiger partial charge < -0.3 is 9.64 Å². The maximum atomic E-state index is 12.0. The molecule has 22 heavy (non-hydrogen) atoms. The van der Waals surface area contributed by atoms with E-state index in [-0.39, 0.29) is 6.09 Å². The number of ether oxygens (including phenoxy) is 1. The average molecular weight is 342 g/mol. The molecule has 0 saturated carbocycles. The summed E-state index contributed by atoms with van der Waals surface area (Å²) >= 11 is 3.80. The van der Waals surface area contributed by atoms with Gasteiger partial charge in [-0.25, -0.2) is 4.79 Å². The number of carbonyl (C=O) groups is 1. The number of nitrogens with zero attached hydrogens (tertiary/aromatic N) is 1. The Hall–Kier alpha value is -0.680. The van der Waals surface area contributed by atoms with Crippen LogP contribution in [0, 0.1) is 12.8 Å². The fourth-order valence-corrected chi connectivity index (χ4v) is 4.75. The van der Waals surface area contributed by atoms with Crippen LogP contribution in [0.2, 0.25) is 0 Å². The summed E-state index contributed by atoms with van der Waals surface area (Å²) in [7, 11) is 0. The average Bonchev–Trinajstić information content (AvgIpc) is 2.83. The summed E-state index contributed by atoms with van der Waals surface area (Å²) in [5.41, 5.74) is 0.960. The molecule has 0 bridgehead atoms. The predicted octanol–water partition coefficient (Wildman–Crippen LogP) is 5.19. The lowest BCUT2D eigenvalue weighted by atomic mass is 9.95. The molecule has 1 amide bonds. The van der Waals surface area contributed by atoms with E-state index in [0.29, 0.717) is 0 Å². The Morgan fingerprint density at radius 1 is 1.41 bits per heavy atom. The molecule has 0 radical (unpaired) electrons. The summed E-state index contributed by atoms with van der Waals surface area (Å²) in [6.07, 6.45) is 3.28. The van der Waals surface area contributed by atoms with E-state index in [4.69, 9.17) is 4.74 Å². The van der Waals surface area contributed by atoms with Crippen molar-refractivity contribution < 1.29 is 9.53 Å². The number of hydrogen-bond donors (Lipinski definition) is 0. The van der Waals surface area contributed by atoms with Crippen molar-refractivity contribution in [3.63, 3.8) is 0 Å². The Morgan fingerprint density at radius 3 is 2.64 bits per heavy atom. The van der Waals surface area contributed by atoms with Gasteiger partial charge in [-0.05, 0) is 75.6 Å². The number of thioether (sulfide) groups is 1. The second-order valence-corrected chi connectivity index (χ2v) is 9.30. The maximum absolute atomic E-state index is 12.0. The van der Waals surface area contributed by atoms with Crippen LogP contribution in [0.15, 0.2) is 15.7 Å². The van der Waals surface area contributed by atoms with Crippen molar-refractivity contribution in [3.8, 4) is 0 Å². The van der Waals surface area contributed by atoms with Gasteiger partial charge in [-0.3, -0.25) is 0 Å². The van der Waals surface area contributed by atoms with Crippen LogP contribution in [0.5, 0.6) is 0 Å². The van der Waals surface area contributed by atoms with Gasteiger partial charge in [-0.1, -0.05) is 0 Å². The Morgan fingerprint density at radius 2 is 2.09 bits per heavy atom. The van der Waals surface area contributed by atoms with Crippen LogP contribution in [0.4, 0.5) is 4.79 Å². The Labute approximate surface area is 142 Å². The van der Waals surface area contributed by atoms with Gasteiger partial charge in [0.15, 0.2) is 0 Å². The summed E-state index contributed by atoms with van der Waals surface area (Å²) in [5, 5.41) is 2.21. The van der Waals surface area contributed by atoms with Gasteiger partial charge in [-0.2, -0.15) is 0 Å². The molecule has 1 fully saturated rings. The van der Waals surface area contributed by atoms with Gasteiger partial charge in [0.1, 0.15) is 5.60 Å². The van der Waals surface area contributed by atoms with E-state index in [2.05, 4.69) is 18.4 Å². The van der Waals surface area contributed by atoms with E-state index in [1.807, 2.05) is 48.8 Å².